The van der Waals surface area contributed by atoms with Gasteiger partial charge < -0.3 is 19.5 Å². The standard InChI is InChI=1S/C30H33Cl2NO4/c1-4-35-24-11-9-23(10-12-24)33-29(34)18-36-25-7-5-6-21(14-25)30-26(19(2)3)15-22(17-37-30)20-8-13-27(31)28(32)16-20/h5-14,16,19,22,26,30H,4,15,17-18H2,1-3H3,(H,33,34)/t22-,26-,30-/m0/s1. The van der Waals surface area contributed by atoms with Gasteiger partial charge in [0.05, 0.1) is 29.4 Å². The van der Waals surface area contributed by atoms with Crippen LogP contribution in [0.25, 0.3) is 0 Å². The molecule has 1 amide bonds. The van der Waals surface area contributed by atoms with Crippen LogP contribution in [0.2, 0.25) is 10.0 Å². The predicted molar refractivity (Wildman–Crippen MR) is 149 cm³/mol. The highest BCUT2D eigenvalue weighted by atomic mass is 35.5. The molecule has 0 spiro atoms. The van der Waals surface area contributed by atoms with Crippen LogP contribution in [0, 0.1) is 11.8 Å². The van der Waals surface area contributed by atoms with E-state index in [1.54, 1.807) is 12.1 Å². The summed E-state index contributed by atoms with van der Waals surface area (Å²) < 4.78 is 17.7. The molecule has 7 heteroatoms. The Kier molecular flexibility index (Phi) is 9.36. The molecule has 0 aliphatic carbocycles. The van der Waals surface area contributed by atoms with Crippen molar-refractivity contribution in [2.45, 2.75) is 39.2 Å². The summed E-state index contributed by atoms with van der Waals surface area (Å²) in [6.07, 6.45) is 0.927. The number of nitrogens with one attached hydrogen (secondary N) is 1. The molecule has 0 saturated carbocycles. The van der Waals surface area contributed by atoms with Gasteiger partial charge >= 0.3 is 0 Å². The quantitative estimate of drug-likeness (QED) is 0.298. The van der Waals surface area contributed by atoms with Crippen LogP contribution in [0.15, 0.2) is 66.7 Å². The lowest BCUT2D eigenvalue weighted by molar-refractivity contribution is -0.118. The molecule has 3 atom stereocenters. The lowest BCUT2D eigenvalue weighted by Crippen LogP contribution is -2.31. The SMILES string of the molecule is CCOc1ccc(NC(=O)COc2cccc([C@@H]3OC[C@@H](c4ccc(Cl)c(Cl)c4)C[C@H]3C(C)C)c2)cc1. The smallest absolute Gasteiger partial charge is 0.262 e. The van der Waals surface area contributed by atoms with Gasteiger partial charge in [-0.2, -0.15) is 0 Å². The Morgan fingerprint density at radius 1 is 0.973 bits per heavy atom. The minimum atomic E-state index is -0.229. The van der Waals surface area contributed by atoms with Crippen LogP contribution in [-0.2, 0) is 9.53 Å². The highest BCUT2D eigenvalue weighted by Crippen LogP contribution is 2.44. The normalized spacial score (nSPS) is 19.5. The number of anilines is 1. The summed E-state index contributed by atoms with van der Waals surface area (Å²) in [5.41, 5.74) is 2.89. The first-order valence-corrected chi connectivity index (χ1v) is 13.4. The van der Waals surface area contributed by atoms with Crippen molar-refractivity contribution in [3.63, 3.8) is 0 Å². The number of ether oxygens (including phenoxy) is 3. The fraction of sp³-hybridized carbons (Fsp3) is 0.367. The van der Waals surface area contributed by atoms with E-state index in [1.165, 1.54) is 0 Å². The zero-order chi connectivity index (χ0) is 26.4. The Balaban J connectivity index is 1.38. The molecule has 1 aliphatic heterocycles. The lowest BCUT2D eigenvalue weighted by Gasteiger charge is -2.39. The van der Waals surface area contributed by atoms with Crippen molar-refractivity contribution in [1.29, 1.82) is 0 Å². The molecule has 1 saturated heterocycles. The molecule has 5 nitrogen and oxygen atoms in total. The molecule has 1 heterocycles. The van der Waals surface area contributed by atoms with Crippen molar-refractivity contribution < 1.29 is 19.0 Å². The molecule has 196 valence electrons. The fourth-order valence-corrected chi connectivity index (χ4v) is 5.06. The number of hydrogen-bond acceptors (Lipinski definition) is 4. The van der Waals surface area contributed by atoms with Crippen LogP contribution in [0.3, 0.4) is 0 Å². The maximum absolute atomic E-state index is 12.4. The van der Waals surface area contributed by atoms with Crippen LogP contribution in [0.1, 0.15) is 50.3 Å². The number of carbonyl (C=O) groups is 1. The average molecular weight is 543 g/mol. The molecule has 0 unspecified atom stereocenters. The second kappa shape index (κ2) is 12.7. The van der Waals surface area contributed by atoms with E-state index in [1.807, 2.05) is 55.5 Å². The van der Waals surface area contributed by atoms with Crippen molar-refractivity contribution in [3.8, 4) is 11.5 Å². The van der Waals surface area contributed by atoms with Gasteiger partial charge in [0.15, 0.2) is 6.61 Å². The van der Waals surface area contributed by atoms with Gasteiger partial charge in [-0.25, -0.2) is 0 Å². The van der Waals surface area contributed by atoms with E-state index in [-0.39, 0.29) is 24.5 Å². The van der Waals surface area contributed by atoms with Crippen LogP contribution in [-0.4, -0.2) is 25.7 Å². The molecule has 1 aliphatic rings. The monoisotopic (exact) mass is 541 g/mol. The minimum Gasteiger partial charge on any atom is -0.494 e. The molecule has 1 fully saturated rings. The molecule has 3 aromatic carbocycles. The summed E-state index contributed by atoms with van der Waals surface area (Å²) in [4.78, 5) is 12.4. The Morgan fingerprint density at radius 3 is 2.46 bits per heavy atom. The van der Waals surface area contributed by atoms with Gasteiger partial charge in [0.25, 0.3) is 5.91 Å². The predicted octanol–water partition coefficient (Wildman–Crippen LogP) is 7.93. The zero-order valence-electron chi connectivity index (χ0n) is 21.4. The number of rotatable bonds is 9. The molecule has 0 radical (unpaired) electrons. The summed E-state index contributed by atoms with van der Waals surface area (Å²) in [5.74, 6) is 2.15. The topological polar surface area (TPSA) is 56.8 Å². The molecule has 37 heavy (non-hydrogen) atoms. The molecule has 0 aromatic heterocycles. The van der Waals surface area contributed by atoms with Gasteiger partial charge in [0, 0.05) is 11.6 Å². The Hall–Kier alpha value is -2.73. The second-order valence-electron chi connectivity index (χ2n) is 9.63. The van der Waals surface area contributed by atoms with E-state index in [0.29, 0.717) is 46.5 Å². The van der Waals surface area contributed by atoms with Crippen LogP contribution in [0.4, 0.5) is 5.69 Å². The molecular weight excluding hydrogens is 509 g/mol. The lowest BCUT2D eigenvalue weighted by atomic mass is 9.76. The van der Waals surface area contributed by atoms with E-state index in [2.05, 4.69) is 25.2 Å². The van der Waals surface area contributed by atoms with E-state index in [4.69, 9.17) is 37.4 Å². The van der Waals surface area contributed by atoms with Gasteiger partial charge in [-0.05, 0) is 84.8 Å². The van der Waals surface area contributed by atoms with Crippen LogP contribution in [0.5, 0.6) is 11.5 Å². The van der Waals surface area contributed by atoms with Crippen molar-refractivity contribution in [2.24, 2.45) is 11.8 Å². The molecular formula is C30H33Cl2NO4. The number of amides is 1. The summed E-state index contributed by atoms with van der Waals surface area (Å²) in [6, 6.07) is 20.9. The van der Waals surface area contributed by atoms with Crippen LogP contribution >= 0.6 is 23.2 Å². The average Bonchev–Trinajstić information content (AvgIpc) is 2.90. The van der Waals surface area contributed by atoms with Gasteiger partial charge in [-0.15, -0.1) is 0 Å². The fourth-order valence-electron chi connectivity index (χ4n) is 4.76. The van der Waals surface area contributed by atoms with E-state index in [9.17, 15) is 4.79 Å². The van der Waals surface area contributed by atoms with Crippen LogP contribution < -0.4 is 14.8 Å². The molecule has 1 N–H and O–H groups in total. The van der Waals surface area contributed by atoms with Gasteiger partial charge in [-0.3, -0.25) is 4.79 Å². The highest BCUT2D eigenvalue weighted by molar-refractivity contribution is 6.42. The third-order valence-electron chi connectivity index (χ3n) is 6.70. The molecule has 3 aromatic rings. The largest absolute Gasteiger partial charge is 0.494 e. The summed E-state index contributed by atoms with van der Waals surface area (Å²) in [7, 11) is 0. The first-order chi connectivity index (χ1) is 17.8. The Labute approximate surface area is 229 Å². The van der Waals surface area contributed by atoms with E-state index in [0.717, 1.165) is 23.3 Å². The first kappa shape index (κ1) is 27.3. The van der Waals surface area contributed by atoms with Gasteiger partial charge in [0.2, 0.25) is 0 Å². The summed E-state index contributed by atoms with van der Waals surface area (Å²) in [6.45, 7) is 7.49. The summed E-state index contributed by atoms with van der Waals surface area (Å²) >= 11 is 12.4. The summed E-state index contributed by atoms with van der Waals surface area (Å²) in [5, 5.41) is 3.98. The van der Waals surface area contributed by atoms with Gasteiger partial charge in [-0.1, -0.05) is 55.2 Å². The number of benzene rings is 3. The molecule has 4 rings (SSSR count). The zero-order valence-corrected chi connectivity index (χ0v) is 22.9. The van der Waals surface area contributed by atoms with Crippen molar-refractivity contribution in [3.05, 3.63) is 87.9 Å². The maximum Gasteiger partial charge on any atom is 0.262 e. The number of carbonyl (C=O) groups excluding carboxylic acids is 1. The van der Waals surface area contributed by atoms with Gasteiger partial charge in [0.1, 0.15) is 11.5 Å². The Bertz CT molecular complexity index is 1200. The first-order valence-electron chi connectivity index (χ1n) is 12.7. The van der Waals surface area contributed by atoms with Crippen molar-refractivity contribution in [2.75, 3.05) is 25.1 Å². The highest BCUT2D eigenvalue weighted by Gasteiger charge is 2.35. The van der Waals surface area contributed by atoms with Crippen molar-refractivity contribution in [1.82, 2.24) is 0 Å². The number of hydrogen-bond donors (Lipinski definition) is 1. The second-order valence-corrected chi connectivity index (χ2v) is 10.4. The number of halogens is 2. The maximum atomic E-state index is 12.4. The van der Waals surface area contributed by atoms with Crippen molar-refractivity contribution >= 4 is 34.8 Å². The Morgan fingerprint density at radius 2 is 1.76 bits per heavy atom. The minimum absolute atomic E-state index is 0.0553. The van der Waals surface area contributed by atoms with E-state index < -0.39 is 0 Å². The third-order valence-corrected chi connectivity index (χ3v) is 7.44. The molecule has 0 bridgehead atoms. The van der Waals surface area contributed by atoms with E-state index >= 15 is 0 Å². The third kappa shape index (κ3) is 7.19.